The Hall–Kier alpha value is -4.81. The van der Waals surface area contributed by atoms with E-state index < -0.39 is 35.3 Å². The SMILES string of the molecule is C=C[C@H]1CN2CC[C@H]1C[C@H]2[C@H](OC(=O)[C@@H](NC(=O)c1cn(C2CC2)c2cc(N3CCN(CC)CC3)c(F)cc2c1=O)[C@@H](C)CC)c1ccnc2ccc(OC)cc12. The molecule has 4 aliphatic heterocycles. The number of likely N-dealkylation sites (N-methyl/N-ethyl adjacent to an activating group) is 1. The van der Waals surface area contributed by atoms with Crippen LogP contribution in [0.25, 0.3) is 21.8 Å². The summed E-state index contributed by atoms with van der Waals surface area (Å²) in [5.41, 5.74) is 1.99. The van der Waals surface area contributed by atoms with Gasteiger partial charge in [-0.2, -0.15) is 0 Å². The Morgan fingerprint density at radius 1 is 1.05 bits per heavy atom. The summed E-state index contributed by atoms with van der Waals surface area (Å²) in [5.74, 6) is -0.592. The molecule has 9 rings (SSSR count). The fourth-order valence-electron chi connectivity index (χ4n) is 9.37. The molecular formula is C45H55FN6O5. The number of carbonyl (C=O) groups is 2. The number of carbonyl (C=O) groups excluding carboxylic acids is 2. The van der Waals surface area contributed by atoms with Crippen LogP contribution in [0.15, 0.2) is 66.2 Å². The van der Waals surface area contributed by atoms with E-state index in [0.717, 1.165) is 74.9 Å². The van der Waals surface area contributed by atoms with E-state index in [1.54, 1.807) is 25.6 Å². The van der Waals surface area contributed by atoms with Gasteiger partial charge in [0.15, 0.2) is 0 Å². The minimum absolute atomic E-state index is 0.0984. The molecule has 1 saturated carbocycles. The highest BCUT2D eigenvalue weighted by atomic mass is 19.1. The van der Waals surface area contributed by atoms with Crippen LogP contribution >= 0.6 is 0 Å². The number of hydrogen-bond donors (Lipinski definition) is 1. The Morgan fingerprint density at radius 2 is 1.84 bits per heavy atom. The first-order valence-corrected chi connectivity index (χ1v) is 20.8. The zero-order chi connectivity index (χ0) is 40.0. The molecule has 11 nitrogen and oxygen atoms in total. The lowest BCUT2D eigenvalue weighted by Crippen LogP contribution is -2.56. The first-order chi connectivity index (χ1) is 27.6. The summed E-state index contributed by atoms with van der Waals surface area (Å²) >= 11 is 0. The quantitative estimate of drug-likeness (QED) is 0.120. The third kappa shape index (κ3) is 7.54. The van der Waals surface area contributed by atoms with Gasteiger partial charge in [0.1, 0.15) is 29.3 Å². The van der Waals surface area contributed by atoms with Gasteiger partial charge in [-0.15, -0.1) is 6.58 Å². The molecular weight excluding hydrogens is 724 g/mol. The van der Waals surface area contributed by atoms with E-state index in [2.05, 4.69) is 33.6 Å². The molecule has 2 bridgehead atoms. The third-order valence-electron chi connectivity index (χ3n) is 13.2. The molecule has 4 aromatic rings. The number of hydrogen-bond acceptors (Lipinski definition) is 9. The van der Waals surface area contributed by atoms with Gasteiger partial charge in [0.2, 0.25) is 5.43 Å². The summed E-state index contributed by atoms with van der Waals surface area (Å²) in [4.78, 5) is 54.4. The maximum Gasteiger partial charge on any atom is 0.329 e. The monoisotopic (exact) mass is 778 g/mol. The molecule has 1 aliphatic carbocycles. The summed E-state index contributed by atoms with van der Waals surface area (Å²) in [7, 11) is 1.62. The van der Waals surface area contributed by atoms with Gasteiger partial charge < -0.3 is 29.2 Å². The molecule has 1 unspecified atom stereocenters. The van der Waals surface area contributed by atoms with E-state index in [0.29, 0.717) is 48.3 Å². The highest BCUT2D eigenvalue weighted by Gasteiger charge is 2.45. The molecule has 6 heterocycles. The lowest BCUT2D eigenvalue weighted by Gasteiger charge is -2.51. The lowest BCUT2D eigenvalue weighted by atomic mass is 9.73. The summed E-state index contributed by atoms with van der Waals surface area (Å²) in [6.07, 6.45) is 8.97. The van der Waals surface area contributed by atoms with Gasteiger partial charge in [-0.3, -0.25) is 19.5 Å². The van der Waals surface area contributed by atoms with Crippen LogP contribution in [-0.2, 0) is 9.53 Å². The van der Waals surface area contributed by atoms with E-state index in [4.69, 9.17) is 9.47 Å². The molecule has 5 aliphatic rings. The van der Waals surface area contributed by atoms with Crippen molar-refractivity contribution in [3.8, 4) is 5.75 Å². The minimum atomic E-state index is -1.05. The number of amides is 1. The van der Waals surface area contributed by atoms with Crippen LogP contribution < -0.4 is 20.4 Å². The van der Waals surface area contributed by atoms with E-state index >= 15 is 4.39 Å². The number of ether oxygens (including phenoxy) is 2. The minimum Gasteiger partial charge on any atom is -0.497 e. The topological polar surface area (TPSA) is 109 Å². The number of pyridine rings is 2. The van der Waals surface area contributed by atoms with Crippen LogP contribution in [0.3, 0.4) is 0 Å². The Bertz CT molecular complexity index is 2230. The van der Waals surface area contributed by atoms with Crippen LogP contribution in [0, 0.1) is 23.6 Å². The maximum atomic E-state index is 15.9. The number of halogens is 1. The van der Waals surface area contributed by atoms with Crippen LogP contribution in [0.4, 0.5) is 10.1 Å². The van der Waals surface area contributed by atoms with Crippen molar-refractivity contribution >= 4 is 39.4 Å². The summed E-state index contributed by atoms with van der Waals surface area (Å²) in [5, 5.41) is 3.92. The molecule has 12 heteroatoms. The number of rotatable bonds is 13. The smallest absolute Gasteiger partial charge is 0.329 e. The van der Waals surface area contributed by atoms with E-state index in [-0.39, 0.29) is 29.0 Å². The first kappa shape index (κ1) is 39.0. The zero-order valence-corrected chi connectivity index (χ0v) is 33.6. The molecule has 0 radical (unpaired) electrons. The molecule has 302 valence electrons. The van der Waals surface area contributed by atoms with Crippen molar-refractivity contribution in [2.45, 2.75) is 77.1 Å². The van der Waals surface area contributed by atoms with Crippen molar-refractivity contribution < 1.29 is 23.5 Å². The average Bonchev–Trinajstić information content (AvgIpc) is 4.10. The van der Waals surface area contributed by atoms with E-state index in [9.17, 15) is 14.4 Å². The van der Waals surface area contributed by atoms with Gasteiger partial charge in [-0.25, -0.2) is 9.18 Å². The Kier molecular flexibility index (Phi) is 11.1. The van der Waals surface area contributed by atoms with Gasteiger partial charge in [0.25, 0.3) is 5.91 Å². The lowest BCUT2D eigenvalue weighted by molar-refractivity contribution is -0.161. The predicted octanol–water partition coefficient (Wildman–Crippen LogP) is 6.50. The fraction of sp³-hybridized carbons (Fsp3) is 0.511. The maximum absolute atomic E-state index is 15.9. The molecule has 1 amide bonds. The number of benzene rings is 2. The highest BCUT2D eigenvalue weighted by Crippen LogP contribution is 2.44. The number of fused-ring (bicyclic) bond motifs is 5. The van der Waals surface area contributed by atoms with Crippen molar-refractivity contribution in [2.75, 3.05) is 57.8 Å². The number of nitrogens with one attached hydrogen (secondary N) is 1. The van der Waals surface area contributed by atoms with Crippen molar-refractivity contribution in [3.05, 3.63) is 88.6 Å². The third-order valence-corrected chi connectivity index (χ3v) is 13.2. The zero-order valence-electron chi connectivity index (χ0n) is 33.6. The number of methoxy groups -OCH3 is 1. The van der Waals surface area contributed by atoms with E-state index in [1.165, 1.54) is 6.07 Å². The van der Waals surface area contributed by atoms with Gasteiger partial charge in [0, 0.05) is 67.5 Å². The van der Waals surface area contributed by atoms with Crippen molar-refractivity contribution in [2.24, 2.45) is 17.8 Å². The van der Waals surface area contributed by atoms with Crippen LogP contribution in [-0.4, -0.2) is 96.2 Å². The standard InChI is InChI=1S/C45H55FN6O5/c1-6-27(4)41(45(55)57-43(40-21-29-14-16-51(40)25-28(29)7-2)32-13-15-47-37-12-11-31(56-5)22-33(32)37)48-44(54)35-26-52(30-9-10-30)38-24-39(36(46)23-34(38)42(35)53)50-19-17-49(8-3)18-20-50/h7,11-13,15,22-24,26-30,40-41,43H,2,6,8-10,14,16-21,25H2,1,3-5H3,(H,48,54)/t27-,28-,29-,40-,41-,43+/m0/s1. The van der Waals surface area contributed by atoms with Gasteiger partial charge in [0.05, 0.1) is 29.9 Å². The van der Waals surface area contributed by atoms with Gasteiger partial charge in [-0.1, -0.05) is 33.3 Å². The number of anilines is 1. The second kappa shape index (κ2) is 16.2. The molecule has 57 heavy (non-hydrogen) atoms. The van der Waals surface area contributed by atoms with Crippen LogP contribution in [0.5, 0.6) is 5.75 Å². The largest absolute Gasteiger partial charge is 0.497 e. The molecule has 2 aromatic heterocycles. The Morgan fingerprint density at radius 3 is 2.51 bits per heavy atom. The number of nitrogens with zero attached hydrogens (tertiary/aromatic N) is 5. The summed E-state index contributed by atoms with van der Waals surface area (Å²) < 4.78 is 30.1. The predicted molar refractivity (Wildman–Crippen MR) is 220 cm³/mol. The average molecular weight is 779 g/mol. The number of piperidine rings is 3. The normalized spacial score (nSPS) is 23.9. The Labute approximate surface area is 333 Å². The highest BCUT2D eigenvalue weighted by molar-refractivity contribution is 6.00. The van der Waals surface area contributed by atoms with Gasteiger partial charge in [-0.05, 0) is 92.9 Å². The summed E-state index contributed by atoms with van der Waals surface area (Å²) in [6, 6.07) is 9.62. The Balaban J connectivity index is 1.12. The molecule has 5 fully saturated rings. The van der Waals surface area contributed by atoms with Crippen LogP contribution in [0.1, 0.15) is 80.9 Å². The first-order valence-electron chi connectivity index (χ1n) is 20.8. The van der Waals surface area contributed by atoms with Gasteiger partial charge >= 0.3 is 5.97 Å². The number of aromatic nitrogens is 2. The molecule has 7 atom stereocenters. The van der Waals surface area contributed by atoms with Crippen molar-refractivity contribution in [3.63, 3.8) is 0 Å². The second-order valence-electron chi connectivity index (χ2n) is 16.5. The number of piperazine rings is 1. The van der Waals surface area contributed by atoms with Crippen molar-refractivity contribution in [1.82, 2.24) is 24.7 Å². The molecule has 0 spiro atoms. The van der Waals surface area contributed by atoms with E-state index in [1.807, 2.05) is 53.7 Å². The molecule has 4 saturated heterocycles. The van der Waals surface area contributed by atoms with Crippen molar-refractivity contribution in [1.29, 1.82) is 0 Å². The second-order valence-corrected chi connectivity index (χ2v) is 16.5. The molecule has 2 aromatic carbocycles. The summed E-state index contributed by atoms with van der Waals surface area (Å²) in [6.45, 7) is 15.8. The number of esters is 1. The fourth-order valence-corrected chi connectivity index (χ4v) is 9.37. The van der Waals surface area contributed by atoms with Crippen LogP contribution in [0.2, 0.25) is 0 Å². The molecule has 1 N–H and O–H groups in total.